The van der Waals surface area contributed by atoms with E-state index in [1.54, 1.807) is 4.90 Å². The van der Waals surface area contributed by atoms with E-state index in [2.05, 4.69) is 0 Å². The number of hydrogen-bond donors (Lipinski definition) is 0. The van der Waals surface area contributed by atoms with Gasteiger partial charge in [-0.25, -0.2) is 0 Å². The van der Waals surface area contributed by atoms with Crippen LogP contribution in [0.1, 0.15) is 32.4 Å². The second-order valence-corrected chi connectivity index (χ2v) is 7.52. The van der Waals surface area contributed by atoms with Gasteiger partial charge < -0.3 is 4.90 Å². The fraction of sp³-hybridized carbons (Fsp3) is 0.562. The number of carbonyl (C=O) groups is 1. The molecule has 0 aromatic heterocycles. The smallest absolute Gasteiger partial charge is 0.282 e. The Balaban J connectivity index is 2.30. The van der Waals surface area contributed by atoms with Gasteiger partial charge in [-0.15, -0.1) is 0 Å². The lowest BCUT2D eigenvalue weighted by molar-refractivity contribution is -0.133. The Hall–Kier alpha value is -1.44. The molecular weight excluding hydrogens is 314 g/mol. The topological polar surface area (TPSA) is 60.9 Å². The molecule has 0 unspecified atom stereocenters. The SMILES string of the molecule is CCN(CC)S(=O)(=O)N1CCN(C(C)=O)[C@H](c2ccccc2)C1. The van der Waals surface area contributed by atoms with Crippen molar-refractivity contribution in [2.75, 3.05) is 32.7 Å². The van der Waals surface area contributed by atoms with Gasteiger partial charge in [0.2, 0.25) is 5.91 Å². The van der Waals surface area contributed by atoms with Crippen LogP contribution in [0.2, 0.25) is 0 Å². The zero-order chi connectivity index (χ0) is 17.0. The molecule has 0 aliphatic carbocycles. The van der Waals surface area contributed by atoms with E-state index in [9.17, 15) is 13.2 Å². The number of amides is 1. The third-order valence-electron chi connectivity index (χ3n) is 4.29. The zero-order valence-electron chi connectivity index (χ0n) is 14.0. The van der Waals surface area contributed by atoms with Crippen LogP contribution >= 0.6 is 0 Å². The van der Waals surface area contributed by atoms with E-state index in [4.69, 9.17) is 0 Å². The molecule has 1 aromatic carbocycles. The molecule has 7 heteroatoms. The molecule has 1 saturated heterocycles. The van der Waals surface area contributed by atoms with Crippen LogP contribution in [0.5, 0.6) is 0 Å². The molecular formula is C16H25N3O3S. The molecule has 0 saturated carbocycles. The molecule has 1 fully saturated rings. The van der Waals surface area contributed by atoms with Crippen molar-refractivity contribution in [1.29, 1.82) is 0 Å². The Morgan fingerprint density at radius 2 is 1.78 bits per heavy atom. The van der Waals surface area contributed by atoms with Gasteiger partial charge >= 0.3 is 0 Å². The number of rotatable bonds is 5. The predicted octanol–water partition coefficient (Wildman–Crippen LogP) is 1.48. The van der Waals surface area contributed by atoms with Gasteiger partial charge in [-0.1, -0.05) is 44.2 Å². The van der Waals surface area contributed by atoms with E-state index in [0.29, 0.717) is 32.7 Å². The number of hydrogen-bond acceptors (Lipinski definition) is 3. The van der Waals surface area contributed by atoms with E-state index in [1.807, 2.05) is 44.2 Å². The molecule has 1 aliphatic heterocycles. The molecule has 128 valence electrons. The minimum Gasteiger partial charge on any atom is -0.333 e. The molecule has 1 amide bonds. The minimum absolute atomic E-state index is 0.0289. The molecule has 1 aromatic rings. The van der Waals surface area contributed by atoms with Crippen LogP contribution in [-0.4, -0.2) is 60.6 Å². The number of piperazine rings is 1. The van der Waals surface area contributed by atoms with E-state index in [1.165, 1.54) is 15.5 Å². The number of nitrogens with zero attached hydrogens (tertiary/aromatic N) is 3. The molecule has 1 atom stereocenters. The van der Waals surface area contributed by atoms with Crippen molar-refractivity contribution in [2.24, 2.45) is 0 Å². The van der Waals surface area contributed by atoms with Gasteiger partial charge in [-0.05, 0) is 5.56 Å². The summed E-state index contributed by atoms with van der Waals surface area (Å²) in [4.78, 5) is 13.7. The lowest BCUT2D eigenvalue weighted by Gasteiger charge is -2.41. The third-order valence-corrected chi connectivity index (χ3v) is 6.44. The molecule has 1 aliphatic rings. The highest BCUT2D eigenvalue weighted by atomic mass is 32.2. The van der Waals surface area contributed by atoms with Gasteiger partial charge in [0.05, 0.1) is 6.04 Å². The zero-order valence-corrected chi connectivity index (χ0v) is 14.8. The van der Waals surface area contributed by atoms with E-state index >= 15 is 0 Å². The molecule has 0 spiro atoms. The maximum Gasteiger partial charge on any atom is 0.282 e. The Kier molecular flexibility index (Phi) is 5.78. The lowest BCUT2D eigenvalue weighted by atomic mass is 10.0. The second kappa shape index (κ2) is 7.42. The molecule has 0 radical (unpaired) electrons. The fourth-order valence-corrected chi connectivity index (χ4v) is 4.64. The van der Waals surface area contributed by atoms with E-state index in [-0.39, 0.29) is 11.9 Å². The summed E-state index contributed by atoms with van der Waals surface area (Å²) in [5, 5.41) is 0. The van der Waals surface area contributed by atoms with Crippen LogP contribution in [0.4, 0.5) is 0 Å². The van der Waals surface area contributed by atoms with Crippen LogP contribution in [0.25, 0.3) is 0 Å². The Labute approximate surface area is 138 Å². The monoisotopic (exact) mass is 339 g/mol. The molecule has 0 bridgehead atoms. The first-order chi connectivity index (χ1) is 10.9. The van der Waals surface area contributed by atoms with Crippen LogP contribution in [0.3, 0.4) is 0 Å². The summed E-state index contributed by atoms with van der Waals surface area (Å²) in [6.45, 7) is 7.14. The van der Waals surface area contributed by atoms with Gasteiger partial charge in [0.15, 0.2) is 0 Å². The lowest BCUT2D eigenvalue weighted by Crippen LogP contribution is -2.55. The fourth-order valence-electron chi connectivity index (χ4n) is 3.02. The summed E-state index contributed by atoms with van der Waals surface area (Å²) in [6.07, 6.45) is 0. The summed E-state index contributed by atoms with van der Waals surface area (Å²) in [7, 11) is -3.49. The van der Waals surface area contributed by atoms with Crippen molar-refractivity contribution in [3.63, 3.8) is 0 Å². The average molecular weight is 339 g/mol. The van der Waals surface area contributed by atoms with E-state index < -0.39 is 10.2 Å². The van der Waals surface area contributed by atoms with Crippen molar-refractivity contribution in [2.45, 2.75) is 26.8 Å². The van der Waals surface area contributed by atoms with Gasteiger partial charge in [-0.2, -0.15) is 17.0 Å². The van der Waals surface area contributed by atoms with Crippen molar-refractivity contribution < 1.29 is 13.2 Å². The third kappa shape index (κ3) is 3.73. The van der Waals surface area contributed by atoms with Crippen LogP contribution < -0.4 is 0 Å². The minimum atomic E-state index is -3.49. The highest BCUT2D eigenvalue weighted by Gasteiger charge is 2.37. The van der Waals surface area contributed by atoms with Gasteiger partial charge in [-0.3, -0.25) is 4.79 Å². The van der Waals surface area contributed by atoms with Crippen LogP contribution in [0, 0.1) is 0 Å². The predicted molar refractivity (Wildman–Crippen MR) is 90.0 cm³/mol. The Morgan fingerprint density at radius 1 is 1.17 bits per heavy atom. The van der Waals surface area contributed by atoms with Crippen LogP contribution in [0.15, 0.2) is 30.3 Å². The summed E-state index contributed by atoms with van der Waals surface area (Å²) >= 11 is 0. The van der Waals surface area contributed by atoms with Crippen molar-refractivity contribution >= 4 is 16.1 Å². The second-order valence-electron chi connectivity index (χ2n) is 5.59. The molecule has 6 nitrogen and oxygen atoms in total. The Bertz CT molecular complexity index is 629. The highest BCUT2D eigenvalue weighted by molar-refractivity contribution is 7.86. The van der Waals surface area contributed by atoms with Crippen molar-refractivity contribution in [3.05, 3.63) is 35.9 Å². The largest absolute Gasteiger partial charge is 0.333 e. The van der Waals surface area contributed by atoms with Crippen molar-refractivity contribution in [1.82, 2.24) is 13.5 Å². The van der Waals surface area contributed by atoms with Crippen molar-refractivity contribution in [3.8, 4) is 0 Å². The average Bonchev–Trinajstić information content (AvgIpc) is 2.56. The number of carbonyl (C=O) groups excluding carboxylic acids is 1. The van der Waals surface area contributed by atoms with Gasteiger partial charge in [0.25, 0.3) is 10.2 Å². The normalized spacial score (nSPS) is 20.0. The van der Waals surface area contributed by atoms with E-state index in [0.717, 1.165) is 5.56 Å². The maximum atomic E-state index is 12.7. The Morgan fingerprint density at radius 3 is 2.30 bits per heavy atom. The first kappa shape index (κ1) is 17.9. The maximum absolute atomic E-state index is 12.7. The van der Waals surface area contributed by atoms with Gasteiger partial charge in [0.1, 0.15) is 0 Å². The summed E-state index contributed by atoms with van der Waals surface area (Å²) in [6, 6.07) is 9.36. The first-order valence-corrected chi connectivity index (χ1v) is 9.38. The molecule has 2 rings (SSSR count). The summed E-state index contributed by atoms with van der Waals surface area (Å²) in [5.41, 5.74) is 0.960. The first-order valence-electron chi connectivity index (χ1n) is 7.99. The summed E-state index contributed by atoms with van der Waals surface area (Å²) in [5.74, 6) is -0.0289. The quantitative estimate of drug-likeness (QED) is 0.816. The highest BCUT2D eigenvalue weighted by Crippen LogP contribution is 2.27. The number of benzene rings is 1. The summed E-state index contributed by atoms with van der Waals surface area (Å²) < 4.78 is 28.5. The molecule has 1 heterocycles. The van der Waals surface area contributed by atoms with Crippen LogP contribution in [-0.2, 0) is 15.0 Å². The standard InChI is InChI=1S/C16H25N3O3S/c1-4-17(5-2)23(21,22)18-11-12-19(14(3)20)16(13-18)15-9-7-6-8-10-15/h6-10,16H,4-5,11-13H2,1-3H3/t16-/m0/s1. The molecule has 0 N–H and O–H groups in total. The van der Waals surface area contributed by atoms with Gasteiger partial charge in [0, 0.05) is 39.6 Å². The molecule has 23 heavy (non-hydrogen) atoms.